The Morgan fingerprint density at radius 3 is 2.47 bits per heavy atom. The van der Waals surface area contributed by atoms with E-state index in [1.165, 1.54) is 0 Å². The van der Waals surface area contributed by atoms with Crippen LogP contribution in [0.3, 0.4) is 0 Å². The molecule has 0 atom stereocenters. The largest absolute Gasteiger partial charge is 0.490 e. The minimum atomic E-state index is -5.67. The van der Waals surface area contributed by atoms with Gasteiger partial charge in [0.2, 0.25) is 5.75 Å². The highest BCUT2D eigenvalue weighted by atomic mass is 32.3. The predicted octanol–water partition coefficient (Wildman–Crippen LogP) is 2.70. The molecule has 0 radical (unpaired) electrons. The molecule has 2 bridgehead atoms. The van der Waals surface area contributed by atoms with Gasteiger partial charge in [-0.25, -0.2) is 0 Å². The molecule has 0 N–H and O–H groups in total. The average molecular weight is 264 g/mol. The number of hydrogen-bond donors (Lipinski definition) is 0. The van der Waals surface area contributed by atoms with Crippen molar-refractivity contribution >= 4 is 10.6 Å². The molecular weight excluding hydrogens is 254 g/mol. The lowest BCUT2D eigenvalue weighted by atomic mass is 10.1. The maximum atomic E-state index is 9.99. The van der Waals surface area contributed by atoms with E-state index in [1.807, 2.05) is 18.2 Å². The van der Waals surface area contributed by atoms with E-state index >= 15 is 0 Å². The lowest BCUT2D eigenvalue weighted by molar-refractivity contribution is 0.311. The summed E-state index contributed by atoms with van der Waals surface area (Å²) in [6.45, 7) is 3.68. The summed E-state index contributed by atoms with van der Waals surface area (Å²) in [4.78, 5) is 0. The van der Waals surface area contributed by atoms with Gasteiger partial charge in [0.25, 0.3) is 0 Å². The first-order valence-electron chi connectivity index (χ1n) is 4.49. The number of halogens is 2. The molecule has 0 fully saturated rings. The summed E-state index contributed by atoms with van der Waals surface area (Å²) in [5, 5.41) is 0. The van der Waals surface area contributed by atoms with E-state index in [4.69, 9.17) is 17.9 Å². The fraction of sp³-hybridized carbons (Fsp3) is 0.200. The standard InChI is InChI=1S/C10H10O2.F2O2S/c1-3-4-7-5-6-8-10(11-2)9(7)12-8;1-5(2,3)4/h3,5-6H,1,4H2,2H3;. The highest BCUT2D eigenvalue weighted by Crippen LogP contribution is 2.51. The summed E-state index contributed by atoms with van der Waals surface area (Å²) in [6.07, 6.45) is 2.68. The van der Waals surface area contributed by atoms with Gasteiger partial charge >= 0.3 is 10.6 Å². The lowest BCUT2D eigenvalue weighted by Crippen LogP contribution is -2.05. The Morgan fingerprint density at radius 1 is 1.47 bits per heavy atom. The Balaban J connectivity index is 0.000000249. The topological polar surface area (TPSA) is 52.6 Å². The first-order chi connectivity index (χ1) is 7.86. The molecule has 0 aliphatic carbocycles. The zero-order valence-corrected chi connectivity index (χ0v) is 9.76. The minimum absolute atomic E-state index is 0.825. The number of allylic oxidation sites excluding steroid dienone is 1. The van der Waals surface area contributed by atoms with E-state index in [9.17, 15) is 7.77 Å². The van der Waals surface area contributed by atoms with Gasteiger partial charge in [-0.05, 0) is 12.5 Å². The number of hydrogen-bond acceptors (Lipinski definition) is 4. The van der Waals surface area contributed by atoms with Crippen molar-refractivity contribution in [1.82, 2.24) is 0 Å². The fourth-order valence-electron chi connectivity index (χ4n) is 1.35. The maximum Gasteiger partial charge on any atom is 0.476 e. The molecule has 2 aliphatic rings. The molecule has 0 saturated heterocycles. The summed E-state index contributed by atoms with van der Waals surface area (Å²) in [7, 11) is -4.01. The van der Waals surface area contributed by atoms with Gasteiger partial charge in [0.1, 0.15) is 0 Å². The van der Waals surface area contributed by atoms with Crippen LogP contribution in [0.15, 0.2) is 24.8 Å². The van der Waals surface area contributed by atoms with Crippen molar-refractivity contribution in [2.75, 3.05) is 7.11 Å². The molecule has 0 amide bonds. The molecule has 0 saturated carbocycles. The molecule has 4 nitrogen and oxygen atoms in total. The van der Waals surface area contributed by atoms with Gasteiger partial charge in [-0.3, -0.25) is 0 Å². The molecule has 2 heterocycles. The fourth-order valence-corrected chi connectivity index (χ4v) is 1.35. The molecule has 0 aromatic heterocycles. The predicted molar refractivity (Wildman–Crippen MR) is 58.1 cm³/mol. The van der Waals surface area contributed by atoms with Crippen LogP contribution in [-0.2, 0) is 17.0 Å². The van der Waals surface area contributed by atoms with E-state index in [1.54, 1.807) is 7.11 Å². The van der Waals surface area contributed by atoms with Gasteiger partial charge in [-0.15, -0.1) is 6.58 Å². The first kappa shape index (κ1) is 13.4. The van der Waals surface area contributed by atoms with Crippen molar-refractivity contribution in [3.8, 4) is 17.2 Å². The molecule has 0 spiro atoms. The normalized spacial score (nSPS) is 11.5. The summed E-state index contributed by atoms with van der Waals surface area (Å²) >= 11 is 0. The molecule has 1 aromatic carbocycles. The second-order valence-corrected chi connectivity index (χ2v) is 3.82. The third-order valence-electron chi connectivity index (χ3n) is 1.94. The molecule has 0 unspecified atom stereocenters. The minimum Gasteiger partial charge on any atom is -0.490 e. The lowest BCUT2D eigenvalue weighted by Gasteiger charge is -2.24. The van der Waals surface area contributed by atoms with Crippen LogP contribution in [0.5, 0.6) is 17.2 Å². The van der Waals surface area contributed by atoms with Gasteiger partial charge in [-0.2, -0.15) is 8.42 Å². The Bertz CT molecular complexity index is 517. The number of benzene rings is 1. The molecule has 7 heteroatoms. The van der Waals surface area contributed by atoms with E-state index in [0.717, 1.165) is 29.2 Å². The molecule has 2 aliphatic heterocycles. The van der Waals surface area contributed by atoms with Crippen molar-refractivity contribution in [3.63, 3.8) is 0 Å². The summed E-state index contributed by atoms with van der Waals surface area (Å²) in [5.74, 6) is 2.57. The van der Waals surface area contributed by atoms with Gasteiger partial charge in [0, 0.05) is 5.56 Å². The smallest absolute Gasteiger partial charge is 0.476 e. The second kappa shape index (κ2) is 5.13. The molecule has 94 valence electrons. The molecule has 1 aromatic rings. The van der Waals surface area contributed by atoms with Gasteiger partial charge in [-0.1, -0.05) is 19.9 Å². The van der Waals surface area contributed by atoms with Crippen LogP contribution in [0.25, 0.3) is 0 Å². The van der Waals surface area contributed by atoms with Crippen LogP contribution in [0.2, 0.25) is 0 Å². The maximum absolute atomic E-state index is 9.99. The molecule has 17 heavy (non-hydrogen) atoms. The van der Waals surface area contributed by atoms with Gasteiger partial charge in [0.05, 0.1) is 7.11 Å². The summed E-state index contributed by atoms with van der Waals surface area (Å²) < 4.78 is 47.1. The van der Waals surface area contributed by atoms with Gasteiger partial charge in [0.15, 0.2) is 11.5 Å². The zero-order chi connectivity index (χ0) is 13.1. The SMILES string of the molecule is C=CCc1ccc2c(OC)c1O2.O=S(=O)(F)F. The Hall–Kier alpha value is -1.63. The van der Waals surface area contributed by atoms with Gasteiger partial charge < -0.3 is 9.47 Å². The number of fused-ring (bicyclic) bond motifs is 2. The van der Waals surface area contributed by atoms with Crippen molar-refractivity contribution in [2.24, 2.45) is 0 Å². The Kier molecular flexibility index (Phi) is 4.06. The van der Waals surface area contributed by atoms with Crippen LogP contribution in [-0.4, -0.2) is 15.5 Å². The summed E-state index contributed by atoms with van der Waals surface area (Å²) in [5.41, 5.74) is 1.14. The van der Waals surface area contributed by atoms with Crippen LogP contribution in [0, 0.1) is 0 Å². The Labute approximate surface area is 98.0 Å². The summed E-state index contributed by atoms with van der Waals surface area (Å²) in [6, 6.07) is 3.96. The van der Waals surface area contributed by atoms with E-state index in [2.05, 4.69) is 6.58 Å². The van der Waals surface area contributed by atoms with Crippen molar-refractivity contribution in [1.29, 1.82) is 0 Å². The van der Waals surface area contributed by atoms with Crippen LogP contribution in [0.4, 0.5) is 7.77 Å². The van der Waals surface area contributed by atoms with Crippen LogP contribution >= 0.6 is 0 Å². The number of methoxy groups -OCH3 is 1. The number of ether oxygens (including phenoxy) is 2. The molecular formula is C10H10F2O4S. The second-order valence-electron chi connectivity index (χ2n) is 3.06. The van der Waals surface area contributed by atoms with E-state index < -0.39 is 10.6 Å². The quantitative estimate of drug-likeness (QED) is 0.631. The zero-order valence-electron chi connectivity index (χ0n) is 8.94. The first-order valence-corrected chi connectivity index (χ1v) is 5.78. The molecule has 3 rings (SSSR count). The third kappa shape index (κ3) is 3.70. The van der Waals surface area contributed by atoms with Crippen LogP contribution < -0.4 is 9.47 Å². The van der Waals surface area contributed by atoms with Crippen molar-refractivity contribution in [3.05, 3.63) is 30.4 Å². The van der Waals surface area contributed by atoms with E-state index in [0.29, 0.717) is 0 Å². The third-order valence-corrected chi connectivity index (χ3v) is 1.94. The van der Waals surface area contributed by atoms with E-state index in [-0.39, 0.29) is 0 Å². The highest BCUT2D eigenvalue weighted by Gasteiger charge is 2.25. The van der Waals surface area contributed by atoms with Crippen LogP contribution in [0.1, 0.15) is 5.56 Å². The van der Waals surface area contributed by atoms with Crippen molar-refractivity contribution < 1.29 is 25.7 Å². The highest BCUT2D eigenvalue weighted by molar-refractivity contribution is 7.81. The van der Waals surface area contributed by atoms with Crippen molar-refractivity contribution in [2.45, 2.75) is 6.42 Å². The Morgan fingerprint density at radius 2 is 2.06 bits per heavy atom. The average Bonchev–Trinajstić information content (AvgIpc) is 2.16. The monoisotopic (exact) mass is 264 g/mol. The number of rotatable bonds is 3.